The van der Waals surface area contributed by atoms with E-state index in [0.717, 1.165) is 24.4 Å². The average Bonchev–Trinajstić information content (AvgIpc) is 2.70. The van der Waals surface area contributed by atoms with E-state index in [2.05, 4.69) is 44.3 Å². The first-order valence-corrected chi connectivity index (χ1v) is 6.85. The van der Waals surface area contributed by atoms with Crippen LogP contribution in [0.3, 0.4) is 0 Å². The van der Waals surface area contributed by atoms with Crippen LogP contribution in [0.1, 0.15) is 25.8 Å². The Bertz CT molecular complexity index is 611. The Balaban J connectivity index is 1.98. The van der Waals surface area contributed by atoms with Crippen molar-refractivity contribution in [2.24, 2.45) is 0 Å². The van der Waals surface area contributed by atoms with Crippen molar-refractivity contribution in [1.29, 1.82) is 0 Å². The number of pyridine rings is 1. The summed E-state index contributed by atoms with van der Waals surface area (Å²) in [4.78, 5) is 4.75. The smallest absolute Gasteiger partial charge is 0.130 e. The molecule has 100 valence electrons. The van der Waals surface area contributed by atoms with Crippen molar-refractivity contribution in [3.05, 3.63) is 35.9 Å². The first kappa shape index (κ1) is 12.4. The molecule has 2 atom stereocenters. The topological polar surface area (TPSA) is 34.2 Å². The second-order valence-corrected chi connectivity index (χ2v) is 5.65. The second-order valence-electron chi connectivity index (χ2n) is 5.65. The van der Waals surface area contributed by atoms with Gasteiger partial charge in [0.25, 0.3) is 0 Å². The molecule has 2 unspecified atom stereocenters. The van der Waals surface area contributed by atoms with Gasteiger partial charge in [-0.2, -0.15) is 0 Å². The Hall–Kier alpha value is -1.61. The predicted octanol–water partition coefficient (Wildman–Crippen LogP) is 3.52. The molecular formula is C16H20N2O. The highest BCUT2D eigenvalue weighted by Gasteiger charge is 2.37. The van der Waals surface area contributed by atoms with E-state index in [1.807, 2.05) is 12.1 Å². The fraction of sp³-hybridized carbons (Fsp3) is 0.438. The lowest BCUT2D eigenvalue weighted by Crippen LogP contribution is -2.41. The number of anilines is 1. The molecule has 1 N–H and O–H groups in total. The molecule has 19 heavy (non-hydrogen) atoms. The molecule has 1 fully saturated rings. The van der Waals surface area contributed by atoms with Gasteiger partial charge in [-0.3, -0.25) is 0 Å². The van der Waals surface area contributed by atoms with Crippen LogP contribution in [0.25, 0.3) is 10.9 Å². The fourth-order valence-electron chi connectivity index (χ4n) is 2.62. The Labute approximate surface area is 114 Å². The third kappa shape index (κ3) is 2.19. The van der Waals surface area contributed by atoms with Crippen LogP contribution in [0, 0.1) is 6.92 Å². The van der Waals surface area contributed by atoms with Gasteiger partial charge in [-0.1, -0.05) is 18.2 Å². The van der Waals surface area contributed by atoms with Gasteiger partial charge in [0, 0.05) is 12.0 Å². The molecule has 1 aromatic carbocycles. The van der Waals surface area contributed by atoms with Gasteiger partial charge in [0.2, 0.25) is 0 Å². The molecule has 3 heteroatoms. The molecule has 0 aliphatic carbocycles. The largest absolute Gasteiger partial charge is 0.376 e. The molecule has 1 aromatic heterocycles. The quantitative estimate of drug-likeness (QED) is 0.892. The number of aryl methyl sites for hydroxylation is 1. The van der Waals surface area contributed by atoms with Gasteiger partial charge in [0.05, 0.1) is 17.2 Å². The molecule has 0 radical (unpaired) electrons. The third-order valence-electron chi connectivity index (χ3n) is 4.20. The fourth-order valence-corrected chi connectivity index (χ4v) is 2.62. The van der Waals surface area contributed by atoms with Crippen molar-refractivity contribution in [2.75, 3.05) is 11.9 Å². The first-order chi connectivity index (χ1) is 9.08. The average molecular weight is 256 g/mol. The summed E-state index contributed by atoms with van der Waals surface area (Å²) < 4.78 is 5.68. The van der Waals surface area contributed by atoms with Crippen molar-refractivity contribution in [3.63, 3.8) is 0 Å². The van der Waals surface area contributed by atoms with Gasteiger partial charge in [-0.15, -0.1) is 0 Å². The minimum Gasteiger partial charge on any atom is -0.376 e. The van der Waals surface area contributed by atoms with Crippen LogP contribution in [0.4, 0.5) is 5.82 Å². The van der Waals surface area contributed by atoms with Crippen molar-refractivity contribution in [2.45, 2.75) is 38.8 Å². The normalized spacial score (nSPS) is 26.8. The number of hydrogen-bond acceptors (Lipinski definition) is 3. The lowest BCUT2D eigenvalue weighted by atomic mass is 9.94. The number of benzene rings is 1. The van der Waals surface area contributed by atoms with Crippen LogP contribution < -0.4 is 5.32 Å². The van der Waals surface area contributed by atoms with E-state index in [-0.39, 0.29) is 11.6 Å². The first-order valence-electron chi connectivity index (χ1n) is 6.85. The Morgan fingerprint density at radius 3 is 2.89 bits per heavy atom. The number of nitrogens with zero attached hydrogens (tertiary/aromatic N) is 1. The molecule has 1 aliphatic rings. The maximum Gasteiger partial charge on any atom is 0.130 e. The number of fused-ring (bicyclic) bond motifs is 1. The third-order valence-corrected chi connectivity index (χ3v) is 4.20. The second kappa shape index (κ2) is 4.49. The number of hydrogen-bond donors (Lipinski definition) is 1. The zero-order chi connectivity index (χ0) is 13.5. The molecule has 3 nitrogen and oxygen atoms in total. The van der Waals surface area contributed by atoms with E-state index >= 15 is 0 Å². The summed E-state index contributed by atoms with van der Waals surface area (Å²) in [5.41, 5.74) is 2.19. The zero-order valence-corrected chi connectivity index (χ0v) is 11.7. The summed E-state index contributed by atoms with van der Waals surface area (Å²) in [6, 6.07) is 10.4. The van der Waals surface area contributed by atoms with E-state index in [1.165, 1.54) is 10.9 Å². The van der Waals surface area contributed by atoms with Crippen LogP contribution in [0.15, 0.2) is 30.3 Å². The Kier molecular flexibility index (Phi) is 2.94. The predicted molar refractivity (Wildman–Crippen MR) is 78.5 cm³/mol. The molecule has 0 saturated carbocycles. The van der Waals surface area contributed by atoms with Crippen LogP contribution in [0.5, 0.6) is 0 Å². The highest BCUT2D eigenvalue weighted by Crippen LogP contribution is 2.30. The monoisotopic (exact) mass is 256 g/mol. The molecular weight excluding hydrogens is 236 g/mol. The minimum atomic E-state index is -0.0276. The van der Waals surface area contributed by atoms with Gasteiger partial charge in [-0.05, 0) is 44.9 Å². The van der Waals surface area contributed by atoms with E-state index < -0.39 is 0 Å². The summed E-state index contributed by atoms with van der Waals surface area (Å²) in [6.45, 7) is 7.25. The van der Waals surface area contributed by atoms with Crippen molar-refractivity contribution in [1.82, 2.24) is 4.98 Å². The number of ether oxygens (including phenoxy) is 1. The molecule has 1 saturated heterocycles. The molecule has 2 aromatic rings. The van der Waals surface area contributed by atoms with Gasteiger partial charge in [-0.25, -0.2) is 4.98 Å². The molecule has 1 aliphatic heterocycles. The molecule has 0 spiro atoms. The van der Waals surface area contributed by atoms with Crippen LogP contribution in [-0.4, -0.2) is 23.2 Å². The maximum absolute atomic E-state index is 5.68. The standard InChI is InChI=1S/C16H20N2O/c1-11-10-13-6-4-5-7-14(13)17-15(11)18-16(3)8-9-19-12(16)2/h4-7,10,12H,8-9H2,1-3H3,(H,17,18). The van der Waals surface area contributed by atoms with E-state index in [0.29, 0.717) is 0 Å². The lowest BCUT2D eigenvalue weighted by molar-refractivity contribution is 0.105. The molecule has 2 heterocycles. The van der Waals surface area contributed by atoms with Crippen LogP contribution in [0.2, 0.25) is 0 Å². The van der Waals surface area contributed by atoms with E-state index in [4.69, 9.17) is 9.72 Å². The van der Waals surface area contributed by atoms with Crippen molar-refractivity contribution in [3.8, 4) is 0 Å². The Morgan fingerprint density at radius 2 is 2.16 bits per heavy atom. The number of rotatable bonds is 2. The maximum atomic E-state index is 5.68. The van der Waals surface area contributed by atoms with Gasteiger partial charge in [0.15, 0.2) is 0 Å². The van der Waals surface area contributed by atoms with Gasteiger partial charge < -0.3 is 10.1 Å². The molecule has 0 amide bonds. The summed E-state index contributed by atoms with van der Waals surface area (Å²) in [5.74, 6) is 0.971. The van der Waals surface area contributed by atoms with E-state index in [1.54, 1.807) is 0 Å². The van der Waals surface area contributed by atoms with Crippen LogP contribution in [-0.2, 0) is 4.74 Å². The summed E-state index contributed by atoms with van der Waals surface area (Å²) >= 11 is 0. The van der Waals surface area contributed by atoms with Crippen molar-refractivity contribution < 1.29 is 4.74 Å². The van der Waals surface area contributed by atoms with Crippen molar-refractivity contribution >= 4 is 16.7 Å². The van der Waals surface area contributed by atoms with Crippen LogP contribution >= 0.6 is 0 Å². The van der Waals surface area contributed by atoms with Gasteiger partial charge >= 0.3 is 0 Å². The highest BCUT2D eigenvalue weighted by atomic mass is 16.5. The van der Waals surface area contributed by atoms with E-state index in [9.17, 15) is 0 Å². The number of para-hydroxylation sites is 1. The minimum absolute atomic E-state index is 0.0276. The zero-order valence-electron chi connectivity index (χ0n) is 11.7. The SMILES string of the molecule is Cc1cc2ccccc2nc1NC1(C)CCOC1C. The number of nitrogens with one attached hydrogen (secondary N) is 1. The number of aromatic nitrogens is 1. The lowest BCUT2D eigenvalue weighted by Gasteiger charge is -2.30. The summed E-state index contributed by atoms with van der Waals surface area (Å²) in [6.07, 6.45) is 1.22. The van der Waals surface area contributed by atoms with Gasteiger partial charge in [0.1, 0.15) is 5.82 Å². The Morgan fingerprint density at radius 1 is 1.37 bits per heavy atom. The highest BCUT2D eigenvalue weighted by molar-refractivity contribution is 5.81. The molecule has 3 rings (SSSR count). The summed E-state index contributed by atoms with van der Waals surface area (Å²) in [5, 5.41) is 4.78. The summed E-state index contributed by atoms with van der Waals surface area (Å²) in [7, 11) is 0. The molecule has 0 bridgehead atoms.